The van der Waals surface area contributed by atoms with E-state index in [2.05, 4.69) is 10.3 Å². The SMILES string of the molecule is O=C(CCc1ccccc1O)Nc1ccc2ccccc2n1. The molecule has 0 radical (unpaired) electrons. The third-order valence-corrected chi connectivity index (χ3v) is 3.48. The van der Waals surface area contributed by atoms with Gasteiger partial charge in [-0.15, -0.1) is 0 Å². The molecule has 22 heavy (non-hydrogen) atoms. The summed E-state index contributed by atoms with van der Waals surface area (Å²) in [6.45, 7) is 0. The second-order valence-electron chi connectivity index (χ2n) is 5.07. The van der Waals surface area contributed by atoms with Gasteiger partial charge in [0, 0.05) is 11.8 Å². The average Bonchev–Trinajstić information content (AvgIpc) is 2.54. The van der Waals surface area contributed by atoms with E-state index in [4.69, 9.17) is 0 Å². The zero-order valence-corrected chi connectivity index (χ0v) is 12.0. The summed E-state index contributed by atoms with van der Waals surface area (Å²) < 4.78 is 0. The Kier molecular flexibility index (Phi) is 4.01. The van der Waals surface area contributed by atoms with Gasteiger partial charge in [-0.25, -0.2) is 4.98 Å². The van der Waals surface area contributed by atoms with Crippen LogP contribution in [0.25, 0.3) is 10.9 Å². The number of nitrogens with zero attached hydrogens (tertiary/aromatic N) is 1. The second kappa shape index (κ2) is 6.26. The number of phenols is 1. The van der Waals surface area contributed by atoms with Crippen LogP contribution in [0.2, 0.25) is 0 Å². The Morgan fingerprint density at radius 1 is 1.00 bits per heavy atom. The lowest BCUT2D eigenvalue weighted by Gasteiger charge is -2.06. The number of fused-ring (bicyclic) bond motifs is 1. The fourth-order valence-corrected chi connectivity index (χ4v) is 2.31. The fourth-order valence-electron chi connectivity index (χ4n) is 2.31. The molecule has 2 N–H and O–H groups in total. The third kappa shape index (κ3) is 3.23. The molecule has 0 unspecified atom stereocenters. The standard InChI is InChI=1S/C18H16N2O2/c21-16-8-4-2-6-14(16)10-12-18(22)20-17-11-9-13-5-1-3-7-15(13)19-17/h1-9,11,21H,10,12H2,(H,19,20,22). The minimum atomic E-state index is -0.119. The highest BCUT2D eigenvalue weighted by molar-refractivity contribution is 5.91. The molecule has 1 amide bonds. The van der Waals surface area contributed by atoms with Gasteiger partial charge in [0.05, 0.1) is 5.52 Å². The van der Waals surface area contributed by atoms with Crippen molar-refractivity contribution in [2.45, 2.75) is 12.8 Å². The summed E-state index contributed by atoms with van der Waals surface area (Å²) in [5, 5.41) is 13.5. The summed E-state index contributed by atoms with van der Waals surface area (Å²) >= 11 is 0. The molecule has 0 saturated carbocycles. The van der Waals surface area contributed by atoms with Crippen LogP contribution in [0.5, 0.6) is 5.75 Å². The van der Waals surface area contributed by atoms with Crippen LogP contribution in [0.1, 0.15) is 12.0 Å². The number of benzene rings is 2. The number of carbonyl (C=O) groups excluding carboxylic acids is 1. The van der Waals surface area contributed by atoms with Crippen LogP contribution in [-0.4, -0.2) is 16.0 Å². The number of anilines is 1. The molecule has 0 atom stereocenters. The van der Waals surface area contributed by atoms with Crippen LogP contribution in [0, 0.1) is 0 Å². The number of para-hydroxylation sites is 2. The number of hydrogen-bond donors (Lipinski definition) is 2. The topological polar surface area (TPSA) is 62.2 Å². The van der Waals surface area contributed by atoms with Crippen molar-refractivity contribution in [3.05, 3.63) is 66.2 Å². The predicted octanol–water partition coefficient (Wildman–Crippen LogP) is 3.51. The van der Waals surface area contributed by atoms with Crippen molar-refractivity contribution in [2.24, 2.45) is 0 Å². The molecule has 4 heteroatoms. The van der Waals surface area contributed by atoms with Gasteiger partial charge < -0.3 is 10.4 Å². The zero-order valence-electron chi connectivity index (χ0n) is 12.0. The van der Waals surface area contributed by atoms with Gasteiger partial charge in [-0.1, -0.05) is 36.4 Å². The molecule has 1 aromatic heterocycles. The van der Waals surface area contributed by atoms with Crippen molar-refractivity contribution in [3.63, 3.8) is 0 Å². The van der Waals surface area contributed by atoms with Gasteiger partial charge in [0.1, 0.15) is 11.6 Å². The maximum absolute atomic E-state index is 12.0. The van der Waals surface area contributed by atoms with Gasteiger partial charge in [0.15, 0.2) is 0 Å². The maximum atomic E-state index is 12.0. The summed E-state index contributed by atoms with van der Waals surface area (Å²) in [7, 11) is 0. The van der Waals surface area contributed by atoms with E-state index >= 15 is 0 Å². The molecule has 3 rings (SSSR count). The Labute approximate surface area is 128 Å². The molecule has 0 saturated heterocycles. The Morgan fingerprint density at radius 2 is 1.77 bits per heavy atom. The molecule has 2 aromatic carbocycles. The largest absolute Gasteiger partial charge is 0.508 e. The van der Waals surface area contributed by atoms with Gasteiger partial charge in [-0.05, 0) is 36.2 Å². The summed E-state index contributed by atoms with van der Waals surface area (Å²) in [4.78, 5) is 16.4. The number of pyridine rings is 1. The van der Waals surface area contributed by atoms with Crippen LogP contribution < -0.4 is 5.32 Å². The Balaban J connectivity index is 1.64. The number of aryl methyl sites for hydroxylation is 1. The van der Waals surface area contributed by atoms with Gasteiger partial charge in [0.2, 0.25) is 5.91 Å². The number of aromatic nitrogens is 1. The van der Waals surface area contributed by atoms with E-state index in [1.807, 2.05) is 42.5 Å². The van der Waals surface area contributed by atoms with Crippen molar-refractivity contribution in [1.82, 2.24) is 4.98 Å². The monoisotopic (exact) mass is 292 g/mol. The quantitative estimate of drug-likeness (QED) is 0.773. The van der Waals surface area contributed by atoms with Crippen LogP contribution in [0.4, 0.5) is 5.82 Å². The predicted molar refractivity (Wildman–Crippen MR) is 86.8 cm³/mol. The lowest BCUT2D eigenvalue weighted by atomic mass is 10.1. The van der Waals surface area contributed by atoms with Crippen LogP contribution >= 0.6 is 0 Å². The minimum Gasteiger partial charge on any atom is -0.508 e. The van der Waals surface area contributed by atoms with Crippen molar-refractivity contribution in [3.8, 4) is 5.75 Å². The van der Waals surface area contributed by atoms with Crippen molar-refractivity contribution in [1.29, 1.82) is 0 Å². The van der Waals surface area contributed by atoms with E-state index in [1.54, 1.807) is 18.2 Å². The Hall–Kier alpha value is -2.88. The first-order valence-electron chi connectivity index (χ1n) is 7.15. The molecule has 0 aliphatic rings. The molecule has 0 spiro atoms. The Morgan fingerprint density at radius 3 is 2.64 bits per heavy atom. The van der Waals surface area contributed by atoms with Crippen LogP contribution in [0.3, 0.4) is 0 Å². The molecule has 4 nitrogen and oxygen atoms in total. The number of phenolic OH excluding ortho intramolecular Hbond substituents is 1. The molecular formula is C18H16N2O2. The number of aromatic hydroxyl groups is 1. The van der Waals surface area contributed by atoms with Gasteiger partial charge in [-0.3, -0.25) is 4.79 Å². The van der Waals surface area contributed by atoms with E-state index in [-0.39, 0.29) is 11.7 Å². The first-order chi connectivity index (χ1) is 10.7. The molecule has 0 bridgehead atoms. The molecular weight excluding hydrogens is 276 g/mol. The summed E-state index contributed by atoms with van der Waals surface area (Å²) in [6, 6.07) is 18.5. The minimum absolute atomic E-state index is 0.119. The van der Waals surface area contributed by atoms with Crippen LogP contribution in [0.15, 0.2) is 60.7 Å². The fraction of sp³-hybridized carbons (Fsp3) is 0.111. The zero-order chi connectivity index (χ0) is 15.4. The van der Waals surface area contributed by atoms with Crippen LogP contribution in [-0.2, 0) is 11.2 Å². The van der Waals surface area contributed by atoms with Crippen molar-refractivity contribution < 1.29 is 9.90 Å². The van der Waals surface area contributed by atoms with Crippen molar-refractivity contribution >= 4 is 22.6 Å². The average molecular weight is 292 g/mol. The highest BCUT2D eigenvalue weighted by Gasteiger charge is 2.07. The molecule has 3 aromatic rings. The highest BCUT2D eigenvalue weighted by Crippen LogP contribution is 2.18. The summed E-state index contributed by atoms with van der Waals surface area (Å²) in [5.41, 5.74) is 1.62. The first kappa shape index (κ1) is 14.1. The number of rotatable bonds is 4. The lowest BCUT2D eigenvalue weighted by molar-refractivity contribution is -0.116. The second-order valence-corrected chi connectivity index (χ2v) is 5.07. The molecule has 110 valence electrons. The normalized spacial score (nSPS) is 10.5. The molecule has 1 heterocycles. The third-order valence-electron chi connectivity index (χ3n) is 3.48. The molecule has 0 aliphatic carbocycles. The van der Waals surface area contributed by atoms with Gasteiger partial charge in [-0.2, -0.15) is 0 Å². The van der Waals surface area contributed by atoms with E-state index in [9.17, 15) is 9.90 Å². The van der Waals surface area contributed by atoms with E-state index in [0.29, 0.717) is 18.7 Å². The summed E-state index contributed by atoms with van der Waals surface area (Å²) in [5.74, 6) is 0.645. The van der Waals surface area contributed by atoms with Crippen molar-refractivity contribution in [2.75, 3.05) is 5.32 Å². The number of nitrogens with one attached hydrogen (secondary N) is 1. The first-order valence-corrected chi connectivity index (χ1v) is 7.15. The smallest absolute Gasteiger partial charge is 0.225 e. The van der Waals surface area contributed by atoms with E-state index < -0.39 is 0 Å². The maximum Gasteiger partial charge on any atom is 0.225 e. The molecule has 0 fully saturated rings. The Bertz CT molecular complexity index is 815. The van der Waals surface area contributed by atoms with Gasteiger partial charge >= 0.3 is 0 Å². The summed E-state index contributed by atoms with van der Waals surface area (Å²) in [6.07, 6.45) is 0.790. The molecule has 0 aliphatic heterocycles. The number of carbonyl (C=O) groups is 1. The lowest BCUT2D eigenvalue weighted by Crippen LogP contribution is -2.13. The van der Waals surface area contributed by atoms with E-state index in [1.165, 1.54) is 0 Å². The number of hydrogen-bond acceptors (Lipinski definition) is 3. The highest BCUT2D eigenvalue weighted by atomic mass is 16.3. The van der Waals surface area contributed by atoms with Gasteiger partial charge in [0.25, 0.3) is 0 Å². The van der Waals surface area contributed by atoms with E-state index in [0.717, 1.165) is 16.5 Å². The number of amides is 1.